The summed E-state index contributed by atoms with van der Waals surface area (Å²) in [5.41, 5.74) is 11.3. The average molecular weight is 426 g/mol. The normalized spacial score (nSPS) is 14.6. The fraction of sp³-hybridized carbons (Fsp3) is 0.167. The lowest BCUT2D eigenvalue weighted by Crippen LogP contribution is -2.11. The lowest BCUT2D eigenvalue weighted by Gasteiger charge is -2.23. The number of anilines is 1. The summed E-state index contributed by atoms with van der Waals surface area (Å²) in [6, 6.07) is 9.78. The van der Waals surface area contributed by atoms with Gasteiger partial charge in [0.2, 0.25) is 0 Å². The van der Waals surface area contributed by atoms with E-state index in [1.807, 2.05) is 32.0 Å². The second kappa shape index (κ2) is 7.46. The number of nitrogens with zero attached hydrogens (tertiary/aromatic N) is 5. The molecule has 7 nitrogen and oxygen atoms in total. The van der Waals surface area contributed by atoms with Crippen LogP contribution in [0.1, 0.15) is 35.4 Å². The zero-order valence-corrected chi connectivity index (χ0v) is 17.5. The van der Waals surface area contributed by atoms with Crippen LogP contribution in [0.15, 0.2) is 49.2 Å². The van der Waals surface area contributed by atoms with Gasteiger partial charge in [-0.05, 0) is 25.5 Å². The van der Waals surface area contributed by atoms with Crippen LogP contribution in [0.25, 0.3) is 22.4 Å². The van der Waals surface area contributed by atoms with Gasteiger partial charge in [-0.3, -0.25) is 4.98 Å². The zero-order valence-electron chi connectivity index (χ0n) is 17.5. The summed E-state index contributed by atoms with van der Waals surface area (Å²) < 4.78 is 23.1. The number of fused-ring (bicyclic) bond motifs is 7. The number of aromatic nitrogens is 4. The molecule has 2 N–H and O–H groups in total. The molecule has 1 aliphatic heterocycles. The Labute approximate surface area is 184 Å². The fourth-order valence-corrected chi connectivity index (χ4v) is 4.11. The maximum absolute atomic E-state index is 15.1. The first-order valence-electron chi connectivity index (χ1n) is 10.1. The van der Waals surface area contributed by atoms with Crippen LogP contribution >= 0.6 is 0 Å². The highest BCUT2D eigenvalue weighted by atomic mass is 19.1. The molecule has 0 fully saturated rings. The monoisotopic (exact) mass is 426 g/mol. The third-order valence-electron chi connectivity index (χ3n) is 5.67. The topological polar surface area (TPSA) is 103 Å². The van der Waals surface area contributed by atoms with Gasteiger partial charge in [0.1, 0.15) is 18.0 Å². The molecule has 2 bridgehead atoms. The number of nitrogen functional groups attached to an aromatic ring is 1. The maximum Gasteiger partial charge on any atom is 0.166 e. The molecular formula is C24H19FN6O. The molecule has 0 spiro atoms. The van der Waals surface area contributed by atoms with Gasteiger partial charge in [0.25, 0.3) is 0 Å². The van der Waals surface area contributed by atoms with Crippen molar-refractivity contribution in [3.05, 3.63) is 77.4 Å². The van der Waals surface area contributed by atoms with Crippen LogP contribution in [0.5, 0.6) is 5.75 Å². The lowest BCUT2D eigenvalue weighted by molar-refractivity contribution is 0.228. The number of pyridine rings is 2. The molecule has 0 saturated heterocycles. The fourth-order valence-electron chi connectivity index (χ4n) is 4.11. The van der Waals surface area contributed by atoms with Crippen LogP contribution in [0.2, 0.25) is 0 Å². The van der Waals surface area contributed by atoms with E-state index in [9.17, 15) is 5.26 Å². The van der Waals surface area contributed by atoms with E-state index >= 15 is 4.39 Å². The molecule has 1 aromatic carbocycles. The quantitative estimate of drug-likeness (QED) is 0.447. The summed E-state index contributed by atoms with van der Waals surface area (Å²) in [5.74, 6) is 0.204. The molecule has 158 valence electrons. The summed E-state index contributed by atoms with van der Waals surface area (Å²) in [5, 5.41) is 9.62. The van der Waals surface area contributed by atoms with Crippen LogP contribution in [-0.2, 0) is 6.54 Å². The Kier molecular flexibility index (Phi) is 4.59. The van der Waals surface area contributed by atoms with Crippen LogP contribution in [0.4, 0.5) is 10.2 Å². The van der Waals surface area contributed by atoms with Gasteiger partial charge in [-0.1, -0.05) is 23.8 Å². The second-order valence-corrected chi connectivity index (χ2v) is 7.79. The van der Waals surface area contributed by atoms with Crippen molar-refractivity contribution in [2.45, 2.75) is 26.5 Å². The number of hydrogen-bond acceptors (Lipinski definition) is 6. The lowest BCUT2D eigenvalue weighted by atomic mass is 9.92. The molecular weight excluding hydrogens is 407 g/mol. The highest BCUT2D eigenvalue weighted by Crippen LogP contribution is 2.38. The van der Waals surface area contributed by atoms with Crippen molar-refractivity contribution in [2.24, 2.45) is 0 Å². The summed E-state index contributed by atoms with van der Waals surface area (Å²) in [4.78, 5) is 12.6. The van der Waals surface area contributed by atoms with Crippen molar-refractivity contribution < 1.29 is 9.13 Å². The first-order chi connectivity index (χ1) is 15.5. The molecule has 0 unspecified atom stereocenters. The molecule has 3 aromatic heterocycles. The van der Waals surface area contributed by atoms with Gasteiger partial charge in [0.15, 0.2) is 17.3 Å². The smallest absolute Gasteiger partial charge is 0.166 e. The number of nitriles is 1. The number of halogens is 1. The summed E-state index contributed by atoms with van der Waals surface area (Å²) in [6.07, 6.45) is 5.54. The van der Waals surface area contributed by atoms with Crippen LogP contribution in [-0.4, -0.2) is 19.5 Å². The third kappa shape index (κ3) is 3.15. The van der Waals surface area contributed by atoms with Gasteiger partial charge < -0.3 is 15.0 Å². The van der Waals surface area contributed by atoms with Gasteiger partial charge in [-0.2, -0.15) is 5.26 Å². The first kappa shape index (κ1) is 19.7. The largest absolute Gasteiger partial charge is 0.482 e. The molecule has 0 saturated carbocycles. The Morgan fingerprint density at radius 1 is 1.19 bits per heavy atom. The number of ether oxygens (including phenoxy) is 1. The molecule has 1 atom stereocenters. The molecule has 8 heteroatoms. The number of benzene rings is 1. The highest BCUT2D eigenvalue weighted by molar-refractivity contribution is 5.73. The average Bonchev–Trinajstić information content (AvgIpc) is 3.18. The van der Waals surface area contributed by atoms with Crippen LogP contribution in [0.3, 0.4) is 0 Å². The van der Waals surface area contributed by atoms with Gasteiger partial charge in [0.05, 0.1) is 24.8 Å². The molecule has 1 aliphatic rings. The summed E-state index contributed by atoms with van der Waals surface area (Å²) in [7, 11) is 0. The van der Waals surface area contributed by atoms with E-state index in [1.165, 1.54) is 12.5 Å². The first-order valence-corrected chi connectivity index (χ1v) is 10.1. The van der Waals surface area contributed by atoms with Crippen molar-refractivity contribution in [2.75, 3.05) is 5.73 Å². The minimum absolute atomic E-state index is 0.163. The van der Waals surface area contributed by atoms with Crippen molar-refractivity contribution in [3.63, 3.8) is 0 Å². The molecule has 4 heterocycles. The molecule has 0 aliphatic carbocycles. The van der Waals surface area contributed by atoms with Gasteiger partial charge >= 0.3 is 0 Å². The third-order valence-corrected chi connectivity index (χ3v) is 5.67. The number of nitrogens with two attached hydrogens (primary N) is 1. The van der Waals surface area contributed by atoms with E-state index in [2.05, 4.69) is 21.0 Å². The van der Waals surface area contributed by atoms with Crippen LogP contribution in [0, 0.1) is 24.1 Å². The predicted molar refractivity (Wildman–Crippen MR) is 117 cm³/mol. The molecule has 32 heavy (non-hydrogen) atoms. The van der Waals surface area contributed by atoms with E-state index in [4.69, 9.17) is 10.5 Å². The van der Waals surface area contributed by atoms with E-state index in [-0.39, 0.29) is 18.1 Å². The molecule has 0 amide bonds. The van der Waals surface area contributed by atoms with E-state index in [0.29, 0.717) is 28.1 Å². The Balaban J connectivity index is 1.85. The minimum atomic E-state index is -0.436. The number of aryl methyl sites for hydroxylation is 1. The van der Waals surface area contributed by atoms with Crippen molar-refractivity contribution in [1.29, 1.82) is 5.26 Å². The maximum atomic E-state index is 15.1. The van der Waals surface area contributed by atoms with Gasteiger partial charge in [-0.15, -0.1) is 0 Å². The molecule has 5 rings (SSSR count). The SMILES string of the molecule is Cc1ccc2c(c1)[C@@H](C)Oc1cc(cnc1N)-c1c(C#N)ncn1Cc1c(F)cncc1-2. The number of hydrogen-bond donors (Lipinski definition) is 1. The van der Waals surface area contributed by atoms with E-state index < -0.39 is 11.9 Å². The Morgan fingerprint density at radius 3 is 2.84 bits per heavy atom. The standard InChI is InChI=1S/C24H19FN6O/c1-13-3-4-16-17(5-13)14(2)32-22-6-15(8-29-24(22)27)23-21(7-26)30-12-31(23)11-19-18(16)9-28-10-20(19)25/h3-6,8-10,12,14H,11H2,1-2H3,(H2,27,29)/t14-/m1/s1. The Hall–Kier alpha value is -4.25. The van der Waals surface area contributed by atoms with Crippen molar-refractivity contribution in [3.8, 4) is 34.2 Å². The number of imidazole rings is 1. The van der Waals surface area contributed by atoms with Crippen LogP contribution < -0.4 is 10.5 Å². The van der Waals surface area contributed by atoms with E-state index in [1.54, 1.807) is 23.0 Å². The van der Waals surface area contributed by atoms with Crippen molar-refractivity contribution in [1.82, 2.24) is 19.5 Å². The van der Waals surface area contributed by atoms with Crippen molar-refractivity contribution >= 4 is 5.82 Å². The zero-order chi connectivity index (χ0) is 22.4. The Morgan fingerprint density at radius 2 is 2.03 bits per heavy atom. The minimum Gasteiger partial charge on any atom is -0.482 e. The molecule has 4 aromatic rings. The van der Waals surface area contributed by atoms with Gasteiger partial charge in [-0.25, -0.2) is 14.4 Å². The second-order valence-electron chi connectivity index (χ2n) is 7.79. The predicted octanol–water partition coefficient (Wildman–Crippen LogP) is 4.41. The Bertz CT molecular complexity index is 1400. The summed E-state index contributed by atoms with van der Waals surface area (Å²) >= 11 is 0. The highest BCUT2D eigenvalue weighted by Gasteiger charge is 2.23. The summed E-state index contributed by atoms with van der Waals surface area (Å²) in [6.45, 7) is 4.06. The molecule has 0 radical (unpaired) electrons. The number of rotatable bonds is 0. The van der Waals surface area contributed by atoms with Gasteiger partial charge in [0, 0.05) is 34.6 Å². The van der Waals surface area contributed by atoms with E-state index in [0.717, 1.165) is 16.7 Å².